The van der Waals surface area contributed by atoms with Crippen molar-refractivity contribution in [1.82, 2.24) is 0 Å². The van der Waals surface area contributed by atoms with Crippen molar-refractivity contribution in [3.05, 3.63) is 0 Å². The molecule has 7 heteroatoms. The monoisotopic (exact) mass is 196 g/mol. The molecule has 0 aromatic rings. The van der Waals surface area contributed by atoms with Crippen LogP contribution in [0.4, 0.5) is 17.6 Å². The summed E-state index contributed by atoms with van der Waals surface area (Å²) in [7, 11) is 0.227. The molecular weight excluding hydrogens is 196 g/mol. The zero-order valence-electron chi connectivity index (χ0n) is 3.74. The van der Waals surface area contributed by atoms with Gasteiger partial charge in [0.15, 0.2) is 0 Å². The van der Waals surface area contributed by atoms with Crippen LogP contribution >= 0.6 is 31.4 Å². The van der Waals surface area contributed by atoms with Crippen molar-refractivity contribution in [2.45, 2.75) is 10.5 Å². The Labute approximate surface area is 59.9 Å². The van der Waals surface area contributed by atoms with Gasteiger partial charge in [-0.25, -0.2) is 0 Å². The van der Waals surface area contributed by atoms with Gasteiger partial charge in [-0.2, -0.15) is 17.6 Å². The van der Waals surface area contributed by atoms with E-state index in [1.807, 2.05) is 0 Å². The summed E-state index contributed by atoms with van der Waals surface area (Å²) in [6.07, 6.45) is 0. The Balaban J connectivity index is 2.75. The first kappa shape index (κ1) is 7.87. The minimum absolute atomic E-state index is 0.0972. The molecule has 0 aliphatic carbocycles. The summed E-state index contributed by atoms with van der Waals surface area (Å²) in [4.78, 5) is 0. The standard InChI is InChI=1S/C2F4S3/c3-1(4)2(5,6)8-9-7-1. The second kappa shape index (κ2) is 2.13. The summed E-state index contributed by atoms with van der Waals surface area (Å²) in [5, 5.41) is -7.80. The van der Waals surface area contributed by atoms with Crippen molar-refractivity contribution >= 4 is 31.4 Å². The third kappa shape index (κ3) is 1.27. The maximum absolute atomic E-state index is 11.9. The summed E-state index contributed by atoms with van der Waals surface area (Å²) < 4.78 is 47.6. The van der Waals surface area contributed by atoms with Gasteiger partial charge in [0.25, 0.3) is 0 Å². The van der Waals surface area contributed by atoms with Gasteiger partial charge in [0.05, 0.1) is 0 Å². The van der Waals surface area contributed by atoms with Crippen molar-refractivity contribution in [3.8, 4) is 0 Å². The molecule has 0 aromatic heterocycles. The molecule has 1 aliphatic heterocycles. The normalized spacial score (nSPS) is 30.7. The number of hydrogen-bond acceptors (Lipinski definition) is 3. The molecule has 1 saturated heterocycles. The largest absolute Gasteiger partial charge is 0.377 e. The number of rotatable bonds is 0. The summed E-state index contributed by atoms with van der Waals surface area (Å²) in [6.45, 7) is 0. The predicted octanol–water partition coefficient (Wildman–Crippen LogP) is 3.22. The van der Waals surface area contributed by atoms with E-state index < -0.39 is 10.5 Å². The fourth-order valence-corrected chi connectivity index (χ4v) is 4.25. The maximum Gasteiger partial charge on any atom is 0.377 e. The first-order valence-corrected chi connectivity index (χ1v) is 5.23. The second-order valence-electron chi connectivity index (χ2n) is 1.27. The van der Waals surface area contributed by atoms with Gasteiger partial charge in [-0.05, 0) is 31.4 Å². The van der Waals surface area contributed by atoms with Crippen LogP contribution in [0, 0.1) is 0 Å². The molecule has 0 saturated carbocycles. The lowest BCUT2D eigenvalue weighted by Crippen LogP contribution is -2.28. The van der Waals surface area contributed by atoms with E-state index in [4.69, 9.17) is 0 Å². The molecular formula is C2F4S3. The van der Waals surface area contributed by atoms with Gasteiger partial charge in [0.1, 0.15) is 0 Å². The van der Waals surface area contributed by atoms with Crippen LogP contribution < -0.4 is 0 Å². The first-order chi connectivity index (χ1) is 3.96. The van der Waals surface area contributed by atoms with Gasteiger partial charge in [-0.15, -0.1) is 0 Å². The predicted molar refractivity (Wildman–Crippen MR) is 32.7 cm³/mol. The Kier molecular flexibility index (Phi) is 1.86. The Bertz CT molecular complexity index is 109. The van der Waals surface area contributed by atoms with E-state index in [9.17, 15) is 17.6 Å². The summed E-state index contributed by atoms with van der Waals surface area (Å²) in [5.41, 5.74) is 0. The van der Waals surface area contributed by atoms with Gasteiger partial charge >= 0.3 is 10.5 Å². The van der Waals surface area contributed by atoms with Gasteiger partial charge in [0.2, 0.25) is 0 Å². The molecule has 0 N–H and O–H groups in total. The van der Waals surface area contributed by atoms with Crippen LogP contribution in [-0.2, 0) is 0 Å². The smallest absolute Gasteiger partial charge is 0.185 e. The van der Waals surface area contributed by atoms with E-state index in [1.165, 1.54) is 0 Å². The van der Waals surface area contributed by atoms with Crippen molar-refractivity contribution in [2.24, 2.45) is 0 Å². The third-order valence-electron chi connectivity index (χ3n) is 0.616. The zero-order valence-corrected chi connectivity index (χ0v) is 6.19. The van der Waals surface area contributed by atoms with Crippen LogP contribution in [-0.4, -0.2) is 10.5 Å². The van der Waals surface area contributed by atoms with E-state index in [1.54, 1.807) is 0 Å². The third-order valence-corrected chi connectivity index (χ3v) is 4.70. The lowest BCUT2D eigenvalue weighted by atomic mass is 10.7. The van der Waals surface area contributed by atoms with Crippen molar-refractivity contribution in [3.63, 3.8) is 0 Å². The zero-order chi connectivity index (χ0) is 7.12. The first-order valence-electron chi connectivity index (χ1n) is 1.75. The molecule has 0 atom stereocenters. The second-order valence-corrected chi connectivity index (χ2v) is 5.40. The van der Waals surface area contributed by atoms with Gasteiger partial charge in [0, 0.05) is 0 Å². The highest BCUT2D eigenvalue weighted by atomic mass is 33.5. The minimum Gasteiger partial charge on any atom is -0.185 e. The van der Waals surface area contributed by atoms with E-state index in [0.717, 1.165) is 0 Å². The van der Waals surface area contributed by atoms with Crippen molar-refractivity contribution in [2.75, 3.05) is 0 Å². The summed E-state index contributed by atoms with van der Waals surface area (Å²) >= 11 is 0. The highest BCUT2D eigenvalue weighted by Gasteiger charge is 2.63. The Hall–Kier alpha value is 0.770. The average Bonchev–Trinajstić information content (AvgIpc) is 1.81. The molecule has 0 bridgehead atoms. The molecule has 0 aromatic carbocycles. The number of halogens is 4. The topological polar surface area (TPSA) is 0 Å². The molecule has 0 radical (unpaired) electrons. The van der Waals surface area contributed by atoms with Crippen LogP contribution in [0.3, 0.4) is 0 Å². The van der Waals surface area contributed by atoms with Gasteiger partial charge < -0.3 is 0 Å². The quantitative estimate of drug-likeness (QED) is 0.431. The Morgan fingerprint density at radius 2 is 1.11 bits per heavy atom. The molecule has 0 nitrogen and oxygen atoms in total. The average molecular weight is 196 g/mol. The molecule has 9 heavy (non-hydrogen) atoms. The van der Waals surface area contributed by atoms with E-state index in [-0.39, 0.29) is 21.6 Å². The lowest BCUT2D eigenvalue weighted by molar-refractivity contribution is -0.0803. The highest BCUT2D eigenvalue weighted by Crippen LogP contribution is 2.67. The molecule has 54 valence electrons. The summed E-state index contributed by atoms with van der Waals surface area (Å²) in [5.74, 6) is 0. The van der Waals surface area contributed by atoms with Crippen LogP contribution in [0.5, 0.6) is 0 Å². The van der Waals surface area contributed by atoms with E-state index >= 15 is 0 Å². The molecule has 0 unspecified atom stereocenters. The summed E-state index contributed by atoms with van der Waals surface area (Å²) in [6, 6.07) is 0. The Morgan fingerprint density at radius 3 is 1.22 bits per heavy atom. The fraction of sp³-hybridized carbons (Fsp3) is 1.00. The number of hydrogen-bond donors (Lipinski definition) is 0. The minimum atomic E-state index is -3.90. The van der Waals surface area contributed by atoms with Crippen LogP contribution in [0.1, 0.15) is 0 Å². The molecule has 0 amide bonds. The molecule has 1 heterocycles. The molecule has 1 fully saturated rings. The fourth-order valence-electron chi connectivity index (χ4n) is 0.199. The van der Waals surface area contributed by atoms with Crippen LogP contribution in [0.15, 0.2) is 0 Å². The van der Waals surface area contributed by atoms with Gasteiger partial charge in [-0.3, -0.25) is 0 Å². The Morgan fingerprint density at radius 1 is 0.778 bits per heavy atom. The molecule has 0 spiro atoms. The van der Waals surface area contributed by atoms with Crippen LogP contribution in [0.25, 0.3) is 0 Å². The highest BCUT2D eigenvalue weighted by molar-refractivity contribution is 9.11. The SMILES string of the molecule is FC1(F)SSSC1(F)F. The van der Waals surface area contributed by atoms with Crippen molar-refractivity contribution in [1.29, 1.82) is 0 Å². The maximum atomic E-state index is 11.9. The van der Waals surface area contributed by atoms with E-state index in [2.05, 4.69) is 0 Å². The molecule has 1 aliphatic rings. The molecule has 1 rings (SSSR count). The lowest BCUT2D eigenvalue weighted by Gasteiger charge is -2.12. The van der Waals surface area contributed by atoms with Crippen LogP contribution in [0.2, 0.25) is 0 Å². The van der Waals surface area contributed by atoms with Crippen molar-refractivity contribution < 1.29 is 17.6 Å². The van der Waals surface area contributed by atoms with E-state index in [0.29, 0.717) is 9.83 Å². The number of alkyl halides is 4. The van der Waals surface area contributed by atoms with Gasteiger partial charge in [-0.1, -0.05) is 0 Å².